The highest BCUT2D eigenvalue weighted by Gasteiger charge is 2.39. The van der Waals surface area contributed by atoms with Crippen LogP contribution in [0.15, 0.2) is 4.99 Å². The lowest BCUT2D eigenvalue weighted by Crippen LogP contribution is -2.44. The number of alkyl halides is 3. The number of carbonyl (C=O) groups is 2. The minimum absolute atomic E-state index is 0.0930. The third kappa shape index (κ3) is 12.8. The van der Waals surface area contributed by atoms with Crippen LogP contribution in [0.25, 0.3) is 0 Å². The SMILES string of the molecule is CC.CC(=O)CCCCCN=C(N)NC(=O)C(F)(F)F. The highest BCUT2D eigenvalue weighted by Crippen LogP contribution is 2.13. The zero-order valence-corrected chi connectivity index (χ0v) is 12.0. The summed E-state index contributed by atoms with van der Waals surface area (Å²) in [6.07, 6.45) is -2.47. The van der Waals surface area contributed by atoms with Crippen LogP contribution in [-0.2, 0) is 9.59 Å². The molecule has 3 N–H and O–H groups in total. The predicted molar refractivity (Wildman–Crippen MR) is 71.2 cm³/mol. The van der Waals surface area contributed by atoms with Crippen molar-refractivity contribution in [3.8, 4) is 0 Å². The van der Waals surface area contributed by atoms with Gasteiger partial charge in [0.15, 0.2) is 5.96 Å². The van der Waals surface area contributed by atoms with Crippen LogP contribution >= 0.6 is 0 Å². The van der Waals surface area contributed by atoms with E-state index in [0.717, 1.165) is 6.42 Å². The standard InChI is InChI=1S/C10H16F3N3O2.C2H6/c1-7(17)5-3-2-4-6-15-9(14)16-8(18)10(11,12)13;1-2/h2-6H2,1H3,(H3,14,15,16,18);1-2H3. The van der Waals surface area contributed by atoms with Gasteiger partial charge in [-0.25, -0.2) is 0 Å². The smallest absolute Gasteiger partial charge is 0.370 e. The Bertz CT molecular complexity index is 328. The first-order valence-electron chi connectivity index (χ1n) is 6.41. The number of hydrogen-bond acceptors (Lipinski definition) is 3. The Morgan fingerprint density at radius 3 is 2.15 bits per heavy atom. The molecule has 0 aromatic heterocycles. The third-order valence-electron chi connectivity index (χ3n) is 1.97. The fraction of sp³-hybridized carbons (Fsp3) is 0.750. The first kappa shape index (κ1) is 20.7. The molecule has 1 amide bonds. The fourth-order valence-corrected chi connectivity index (χ4v) is 1.09. The average Bonchev–Trinajstić information content (AvgIpc) is 2.34. The predicted octanol–water partition coefficient (Wildman–Crippen LogP) is 2.16. The van der Waals surface area contributed by atoms with Crippen LogP contribution in [0, 0.1) is 0 Å². The first-order chi connectivity index (χ1) is 9.23. The number of ketones is 1. The topological polar surface area (TPSA) is 84.6 Å². The van der Waals surface area contributed by atoms with E-state index in [1.807, 2.05) is 13.8 Å². The summed E-state index contributed by atoms with van der Waals surface area (Å²) in [5.41, 5.74) is 5.10. The van der Waals surface area contributed by atoms with E-state index in [1.165, 1.54) is 12.2 Å². The van der Waals surface area contributed by atoms with Crippen LogP contribution in [0.3, 0.4) is 0 Å². The summed E-state index contributed by atoms with van der Waals surface area (Å²) in [5.74, 6) is -2.60. The maximum Gasteiger partial charge on any atom is 0.471 e. The molecule has 20 heavy (non-hydrogen) atoms. The highest BCUT2D eigenvalue weighted by molar-refractivity contribution is 5.98. The van der Waals surface area contributed by atoms with Crippen molar-refractivity contribution in [3.63, 3.8) is 0 Å². The first-order valence-corrected chi connectivity index (χ1v) is 6.41. The molecule has 0 aliphatic heterocycles. The summed E-state index contributed by atoms with van der Waals surface area (Å²) < 4.78 is 35.5. The molecule has 118 valence electrons. The van der Waals surface area contributed by atoms with Gasteiger partial charge in [-0.2, -0.15) is 13.2 Å². The lowest BCUT2D eigenvalue weighted by Gasteiger charge is -2.06. The van der Waals surface area contributed by atoms with E-state index in [1.54, 1.807) is 0 Å². The second-order valence-corrected chi connectivity index (χ2v) is 3.73. The molecule has 0 unspecified atom stereocenters. The quantitative estimate of drug-likeness (QED) is 0.447. The minimum Gasteiger partial charge on any atom is -0.370 e. The van der Waals surface area contributed by atoms with Crippen LogP contribution in [-0.4, -0.2) is 30.4 Å². The number of Topliss-reactive ketones (excluding diaryl/α,β-unsaturated/α-hetero) is 1. The van der Waals surface area contributed by atoms with Crippen molar-refractivity contribution in [3.05, 3.63) is 0 Å². The Kier molecular flexibility index (Phi) is 11.6. The number of nitrogens with two attached hydrogens (primary N) is 1. The van der Waals surface area contributed by atoms with Gasteiger partial charge in [-0.05, 0) is 19.8 Å². The third-order valence-corrected chi connectivity index (χ3v) is 1.97. The number of guanidine groups is 1. The van der Waals surface area contributed by atoms with Gasteiger partial charge in [0.25, 0.3) is 0 Å². The van der Waals surface area contributed by atoms with Crippen LogP contribution in [0.4, 0.5) is 13.2 Å². The van der Waals surface area contributed by atoms with Crippen molar-refractivity contribution in [1.82, 2.24) is 5.32 Å². The second-order valence-electron chi connectivity index (χ2n) is 3.73. The summed E-state index contributed by atoms with van der Waals surface area (Å²) in [5, 5.41) is 1.44. The van der Waals surface area contributed by atoms with Crippen LogP contribution < -0.4 is 11.1 Å². The van der Waals surface area contributed by atoms with Gasteiger partial charge >= 0.3 is 12.1 Å². The monoisotopic (exact) mass is 297 g/mol. The zero-order valence-electron chi connectivity index (χ0n) is 12.0. The van der Waals surface area contributed by atoms with Crippen molar-refractivity contribution in [2.75, 3.05) is 6.54 Å². The van der Waals surface area contributed by atoms with Gasteiger partial charge in [-0.15, -0.1) is 0 Å². The number of carbonyl (C=O) groups excluding carboxylic acids is 2. The highest BCUT2D eigenvalue weighted by atomic mass is 19.4. The molecule has 0 rings (SSSR count). The lowest BCUT2D eigenvalue weighted by molar-refractivity contribution is -0.171. The van der Waals surface area contributed by atoms with Gasteiger partial charge in [0.2, 0.25) is 0 Å². The van der Waals surface area contributed by atoms with Crippen molar-refractivity contribution in [1.29, 1.82) is 0 Å². The van der Waals surface area contributed by atoms with Crippen molar-refractivity contribution in [2.45, 2.75) is 52.6 Å². The van der Waals surface area contributed by atoms with E-state index in [4.69, 9.17) is 5.73 Å². The van der Waals surface area contributed by atoms with Gasteiger partial charge in [-0.3, -0.25) is 15.1 Å². The van der Waals surface area contributed by atoms with Crippen molar-refractivity contribution >= 4 is 17.6 Å². The molecule has 5 nitrogen and oxygen atoms in total. The lowest BCUT2D eigenvalue weighted by atomic mass is 10.1. The van der Waals surface area contributed by atoms with E-state index < -0.39 is 18.0 Å². The molecular formula is C12H22F3N3O2. The van der Waals surface area contributed by atoms with Crippen LogP contribution in [0.5, 0.6) is 0 Å². The number of amides is 1. The molecule has 8 heteroatoms. The Morgan fingerprint density at radius 2 is 1.70 bits per heavy atom. The molecule has 0 aliphatic carbocycles. The summed E-state index contributed by atoms with van der Waals surface area (Å²) in [7, 11) is 0. The largest absolute Gasteiger partial charge is 0.471 e. The number of hydrogen-bond donors (Lipinski definition) is 2. The zero-order chi connectivity index (χ0) is 16.2. The Hall–Kier alpha value is -1.60. The molecule has 0 aromatic rings. The maximum absolute atomic E-state index is 11.8. The number of nitrogens with zero attached hydrogens (tertiary/aromatic N) is 1. The number of rotatable bonds is 6. The molecule has 0 atom stereocenters. The van der Waals surface area contributed by atoms with Gasteiger partial charge < -0.3 is 10.5 Å². The molecule has 0 radical (unpaired) electrons. The van der Waals surface area contributed by atoms with Gasteiger partial charge in [-0.1, -0.05) is 20.3 Å². The molecule has 0 bridgehead atoms. The summed E-state index contributed by atoms with van der Waals surface area (Å²) in [6.45, 7) is 5.70. The number of halogens is 3. The molecule has 0 aromatic carbocycles. The van der Waals surface area contributed by atoms with Crippen molar-refractivity contribution in [2.24, 2.45) is 10.7 Å². The Labute approximate surface area is 116 Å². The maximum atomic E-state index is 11.8. The van der Waals surface area contributed by atoms with E-state index in [9.17, 15) is 22.8 Å². The number of aliphatic imine (C=N–C) groups is 1. The summed E-state index contributed by atoms with van der Waals surface area (Å²) in [4.78, 5) is 24.6. The molecule has 0 aliphatic rings. The van der Waals surface area contributed by atoms with E-state index in [-0.39, 0.29) is 12.3 Å². The summed E-state index contributed by atoms with van der Waals surface area (Å²) >= 11 is 0. The van der Waals surface area contributed by atoms with E-state index in [0.29, 0.717) is 19.3 Å². The molecule has 0 fully saturated rings. The Balaban J connectivity index is 0. The molecule has 0 heterocycles. The fourth-order valence-electron chi connectivity index (χ4n) is 1.09. The number of nitrogens with one attached hydrogen (secondary N) is 1. The van der Waals surface area contributed by atoms with Gasteiger partial charge in [0, 0.05) is 13.0 Å². The van der Waals surface area contributed by atoms with Gasteiger partial charge in [0.1, 0.15) is 5.78 Å². The molecular weight excluding hydrogens is 275 g/mol. The van der Waals surface area contributed by atoms with E-state index in [2.05, 4.69) is 4.99 Å². The molecule has 0 saturated carbocycles. The average molecular weight is 297 g/mol. The minimum atomic E-state index is -4.97. The van der Waals surface area contributed by atoms with Gasteiger partial charge in [0.05, 0.1) is 0 Å². The van der Waals surface area contributed by atoms with E-state index >= 15 is 0 Å². The van der Waals surface area contributed by atoms with Crippen LogP contribution in [0.2, 0.25) is 0 Å². The van der Waals surface area contributed by atoms with Crippen LogP contribution in [0.1, 0.15) is 46.5 Å². The Morgan fingerprint density at radius 1 is 1.15 bits per heavy atom. The molecule has 0 saturated heterocycles. The number of unbranched alkanes of at least 4 members (excludes halogenated alkanes) is 2. The normalized spacial score (nSPS) is 11.4. The molecule has 0 spiro atoms. The van der Waals surface area contributed by atoms with Crippen molar-refractivity contribution < 1.29 is 22.8 Å². The summed E-state index contributed by atoms with van der Waals surface area (Å²) in [6, 6.07) is 0. The second kappa shape index (κ2) is 11.2.